The first-order valence-electron chi connectivity index (χ1n) is 12.9. The van der Waals surface area contributed by atoms with Crippen molar-refractivity contribution in [3.05, 3.63) is 91.0 Å². The summed E-state index contributed by atoms with van der Waals surface area (Å²) in [6, 6.07) is 32.5. The minimum atomic E-state index is -0.938. The summed E-state index contributed by atoms with van der Waals surface area (Å²) in [7, 11) is -0.877. The van der Waals surface area contributed by atoms with E-state index in [0.29, 0.717) is 6.74 Å². The van der Waals surface area contributed by atoms with Crippen molar-refractivity contribution >= 4 is 47.6 Å². The molecule has 0 saturated carbocycles. The van der Waals surface area contributed by atoms with Crippen LogP contribution in [0.1, 0.15) is 62.3 Å². The van der Waals surface area contributed by atoms with Crippen LogP contribution in [0, 0.1) is 0 Å². The zero-order valence-electron chi connectivity index (χ0n) is 23.4. The van der Waals surface area contributed by atoms with E-state index in [1.54, 1.807) is 0 Å². The van der Waals surface area contributed by atoms with E-state index in [4.69, 9.17) is 11.5 Å². The van der Waals surface area contributed by atoms with Crippen LogP contribution >= 0.6 is 19.4 Å². The second kappa shape index (κ2) is 11.9. The van der Waals surface area contributed by atoms with E-state index in [1.807, 2.05) is 0 Å². The van der Waals surface area contributed by atoms with Crippen molar-refractivity contribution in [1.82, 2.24) is 4.72 Å². The van der Waals surface area contributed by atoms with Crippen molar-refractivity contribution in [2.45, 2.75) is 78.5 Å². The maximum atomic E-state index is 7.01. The molecule has 1 aliphatic heterocycles. The fourth-order valence-corrected chi connectivity index (χ4v) is 9.01. The van der Waals surface area contributed by atoms with Crippen LogP contribution < -0.4 is 15.9 Å². The predicted molar refractivity (Wildman–Crippen MR) is 165 cm³/mol. The summed E-state index contributed by atoms with van der Waals surface area (Å²) in [5.41, 5.74) is -0.778. The van der Waals surface area contributed by atoms with Gasteiger partial charge in [-0.1, -0.05) is 122 Å². The molecule has 0 spiro atoms. The smallest absolute Gasteiger partial charge is 0.529 e. The zero-order chi connectivity index (χ0) is 26.1. The minimum Gasteiger partial charge on any atom is -0.529 e. The molecule has 1 fully saturated rings. The van der Waals surface area contributed by atoms with Crippen LogP contribution in [0.25, 0.3) is 0 Å². The average Bonchev–Trinajstić information content (AvgIpc) is 3.46. The first-order valence-corrected chi connectivity index (χ1v) is 14.8. The number of hydrogen-bond donors (Lipinski definition) is 0. The second-order valence-electron chi connectivity index (χ2n) is 13.0. The van der Waals surface area contributed by atoms with Crippen molar-refractivity contribution in [3.8, 4) is 0 Å². The third kappa shape index (κ3) is 6.99. The van der Waals surface area contributed by atoms with Gasteiger partial charge in [0.15, 0.2) is 0 Å². The van der Waals surface area contributed by atoms with E-state index in [-0.39, 0.29) is 38.5 Å². The average molecular weight is 703 g/mol. The standard InChI is InChI=1S/C18H15P.C12H27B2ClN.Au/c1-4-10-16(11-5-1)19(17-12-6-2-7-13-17)18-14-8-3-9-15-18;1-10(2,3)13-14(15,11(4,5)6)16(13)12(7,8)9;/h1-15H;1-9H3;/q;-1;+1/p+1/t;14-,16?;/m.0./s1. The first kappa shape index (κ1) is 31.4. The molecule has 6 heteroatoms. The molecule has 1 aliphatic rings. The van der Waals surface area contributed by atoms with Crippen molar-refractivity contribution in [2.75, 3.05) is 0 Å². The first-order chi connectivity index (χ1) is 16.2. The summed E-state index contributed by atoms with van der Waals surface area (Å²) < 4.78 is 2.54. The predicted octanol–water partition coefficient (Wildman–Crippen LogP) is 7.63. The van der Waals surface area contributed by atoms with E-state index in [9.17, 15) is 0 Å². The molecule has 0 aromatic heterocycles. The molecular weight excluding hydrogens is 659 g/mol. The van der Waals surface area contributed by atoms with Gasteiger partial charge in [0.25, 0.3) is 0 Å². The molecule has 196 valence electrons. The fourth-order valence-electron chi connectivity index (χ4n) is 5.59. The Bertz CT molecular complexity index is 963. The van der Waals surface area contributed by atoms with Gasteiger partial charge in [-0.15, -0.1) is 5.31 Å². The molecular formula is C30H43AuB2ClNP+. The molecule has 3 aromatic carbocycles. The van der Waals surface area contributed by atoms with Gasteiger partial charge >= 0.3 is 22.4 Å². The Labute approximate surface area is 243 Å². The van der Waals surface area contributed by atoms with Crippen molar-refractivity contribution < 1.29 is 22.4 Å². The van der Waals surface area contributed by atoms with Gasteiger partial charge in [0.1, 0.15) is 21.5 Å². The Balaban J connectivity index is 0.000000251. The zero-order valence-corrected chi connectivity index (χ0v) is 27.4. The SMILES string of the molecule is CC(C)(C)B1N(C(C)(C)C)[B@@-]1(Cl)C(C)(C)C.[Au+].c1ccc([PH+](c2ccccc2)c2ccccc2)cc1. The molecule has 0 N–H and O–H groups in total. The van der Waals surface area contributed by atoms with Crippen molar-refractivity contribution in [1.29, 1.82) is 0 Å². The maximum absolute atomic E-state index is 7.01. The monoisotopic (exact) mass is 702 g/mol. The van der Waals surface area contributed by atoms with Gasteiger partial charge in [0, 0.05) is 6.74 Å². The molecule has 0 aliphatic carbocycles. The quantitative estimate of drug-likeness (QED) is 0.154. The fraction of sp³-hybridized carbons (Fsp3) is 0.400. The van der Waals surface area contributed by atoms with Crippen LogP contribution in [0.3, 0.4) is 0 Å². The second-order valence-corrected chi connectivity index (χ2v) is 16.2. The van der Waals surface area contributed by atoms with Gasteiger partial charge in [-0.3, -0.25) is 0 Å². The third-order valence-electron chi connectivity index (χ3n) is 7.10. The Morgan fingerprint density at radius 1 is 0.611 bits per heavy atom. The number of nitrogens with zero attached hydrogens (tertiary/aromatic N) is 1. The third-order valence-corrected chi connectivity index (χ3v) is 10.9. The molecule has 1 saturated heterocycles. The number of halogens is 1. The molecule has 1 nitrogen and oxygen atoms in total. The molecule has 1 heterocycles. The van der Waals surface area contributed by atoms with E-state index in [2.05, 4.69) is 158 Å². The Hall–Kier alpha value is -0.790. The topological polar surface area (TPSA) is 3.01 Å². The summed E-state index contributed by atoms with van der Waals surface area (Å²) in [5, 5.41) is 4.72. The van der Waals surface area contributed by atoms with Crippen LogP contribution in [0.2, 0.25) is 10.6 Å². The van der Waals surface area contributed by atoms with Gasteiger partial charge in [-0.25, -0.2) is 0 Å². The molecule has 1 unspecified atom stereocenters. The van der Waals surface area contributed by atoms with E-state index < -0.39 is 13.5 Å². The number of benzene rings is 3. The Morgan fingerprint density at radius 3 is 1.08 bits per heavy atom. The maximum Gasteiger partial charge on any atom is 1.00 e. The molecule has 4 rings (SSSR count). The summed E-state index contributed by atoms with van der Waals surface area (Å²) in [6.07, 6.45) is 0. The van der Waals surface area contributed by atoms with Crippen molar-refractivity contribution in [3.63, 3.8) is 0 Å². The van der Waals surface area contributed by atoms with Crippen molar-refractivity contribution in [2.24, 2.45) is 0 Å². The summed E-state index contributed by atoms with van der Waals surface area (Å²) in [6.45, 7) is 21.0. The van der Waals surface area contributed by atoms with Gasteiger partial charge in [-0.05, 0) is 41.9 Å². The van der Waals surface area contributed by atoms with Gasteiger partial charge < -0.3 is 16.2 Å². The van der Waals surface area contributed by atoms with Gasteiger partial charge in [0.05, 0.1) is 7.92 Å². The molecule has 0 radical (unpaired) electrons. The van der Waals surface area contributed by atoms with Gasteiger partial charge in [-0.2, -0.15) is 0 Å². The molecule has 36 heavy (non-hydrogen) atoms. The van der Waals surface area contributed by atoms with Crippen LogP contribution in [0.4, 0.5) is 0 Å². The van der Waals surface area contributed by atoms with Gasteiger partial charge in [0.2, 0.25) is 0 Å². The summed E-state index contributed by atoms with van der Waals surface area (Å²) in [4.78, 5) is 0. The Morgan fingerprint density at radius 2 is 0.917 bits per heavy atom. The minimum absolute atomic E-state index is 0. The summed E-state index contributed by atoms with van der Waals surface area (Å²) in [5.74, 6) is 0. The molecule has 0 amide bonds. The Kier molecular flexibility index (Phi) is 10.4. The largest absolute Gasteiger partial charge is 1.00 e. The van der Waals surface area contributed by atoms with Crippen LogP contribution in [0.5, 0.6) is 0 Å². The molecule has 2 atom stereocenters. The van der Waals surface area contributed by atoms with Crippen LogP contribution in [-0.2, 0) is 22.4 Å². The molecule has 0 bridgehead atoms. The van der Waals surface area contributed by atoms with Crippen LogP contribution in [0.15, 0.2) is 91.0 Å². The molecule has 3 aromatic rings. The normalized spacial score (nSPS) is 19.8. The summed E-state index contributed by atoms with van der Waals surface area (Å²) >= 11 is 7.01. The van der Waals surface area contributed by atoms with E-state index in [1.165, 1.54) is 15.9 Å². The van der Waals surface area contributed by atoms with Crippen LogP contribution in [-0.4, -0.2) is 22.6 Å². The number of hydrogen-bond acceptors (Lipinski definition) is 1. The number of rotatable bonds is 3. The van der Waals surface area contributed by atoms with E-state index >= 15 is 0 Å². The van der Waals surface area contributed by atoms with E-state index in [0.717, 1.165) is 0 Å².